The van der Waals surface area contributed by atoms with Gasteiger partial charge in [-0.25, -0.2) is 4.98 Å². The van der Waals surface area contributed by atoms with Gasteiger partial charge in [0.05, 0.1) is 12.8 Å². The van der Waals surface area contributed by atoms with Crippen molar-refractivity contribution in [1.29, 1.82) is 0 Å². The molecule has 0 amide bonds. The monoisotopic (exact) mass is 306 g/mol. The lowest BCUT2D eigenvalue weighted by atomic mass is 10.3. The number of methoxy groups -OCH3 is 1. The fraction of sp³-hybridized carbons (Fsp3) is 0.333. The highest BCUT2D eigenvalue weighted by Gasteiger charge is 2.06. The molecule has 21 heavy (non-hydrogen) atoms. The number of aromatic nitrogens is 2. The number of halogens is 1. The summed E-state index contributed by atoms with van der Waals surface area (Å²) in [6, 6.07) is 7.19. The highest BCUT2D eigenvalue weighted by Crippen LogP contribution is 2.29. The van der Waals surface area contributed by atoms with Crippen molar-refractivity contribution in [3.8, 4) is 5.75 Å². The Kier molecular flexibility index (Phi) is 5.63. The maximum Gasteiger partial charge on any atom is 0.229 e. The van der Waals surface area contributed by atoms with Crippen LogP contribution in [0.25, 0.3) is 0 Å². The Morgan fingerprint density at radius 3 is 2.90 bits per heavy atom. The molecule has 0 atom stereocenters. The molecule has 0 aliphatic rings. The lowest BCUT2D eigenvalue weighted by Gasteiger charge is -2.11. The van der Waals surface area contributed by atoms with Gasteiger partial charge in [0, 0.05) is 17.8 Å². The Hall–Kier alpha value is -2.01. The van der Waals surface area contributed by atoms with E-state index in [1.165, 1.54) is 0 Å². The fourth-order valence-corrected chi connectivity index (χ4v) is 1.98. The van der Waals surface area contributed by atoms with Gasteiger partial charge >= 0.3 is 0 Å². The van der Waals surface area contributed by atoms with Gasteiger partial charge in [-0.2, -0.15) is 4.98 Å². The summed E-state index contributed by atoms with van der Waals surface area (Å²) in [5, 5.41) is 7.01. The summed E-state index contributed by atoms with van der Waals surface area (Å²) in [5.41, 5.74) is 0.732. The highest BCUT2D eigenvalue weighted by molar-refractivity contribution is 6.30. The molecule has 1 heterocycles. The molecule has 2 aromatic rings. The van der Waals surface area contributed by atoms with Crippen LogP contribution in [0.2, 0.25) is 5.02 Å². The molecule has 0 aliphatic carbocycles. The Labute approximate surface area is 129 Å². The first kappa shape index (κ1) is 15.4. The van der Waals surface area contributed by atoms with Crippen LogP contribution < -0.4 is 15.4 Å². The molecule has 2 N–H and O–H groups in total. The number of benzene rings is 1. The number of anilines is 3. The quantitative estimate of drug-likeness (QED) is 0.754. The van der Waals surface area contributed by atoms with Crippen LogP contribution >= 0.6 is 11.6 Å². The first-order valence-electron chi connectivity index (χ1n) is 6.90. The molecule has 1 aromatic carbocycles. The lowest BCUT2D eigenvalue weighted by Crippen LogP contribution is -2.05. The molecule has 0 unspecified atom stereocenters. The van der Waals surface area contributed by atoms with E-state index in [4.69, 9.17) is 16.3 Å². The van der Waals surface area contributed by atoms with E-state index in [0.29, 0.717) is 16.7 Å². The summed E-state index contributed by atoms with van der Waals surface area (Å²) < 4.78 is 5.29. The van der Waals surface area contributed by atoms with Crippen LogP contribution in [0.4, 0.5) is 17.5 Å². The van der Waals surface area contributed by atoms with Crippen molar-refractivity contribution in [2.45, 2.75) is 19.8 Å². The maximum atomic E-state index is 6.01. The van der Waals surface area contributed by atoms with E-state index in [-0.39, 0.29) is 0 Å². The summed E-state index contributed by atoms with van der Waals surface area (Å²) in [6.45, 7) is 3.05. The van der Waals surface area contributed by atoms with Crippen molar-refractivity contribution in [2.75, 3.05) is 24.3 Å². The molecule has 1 aromatic heterocycles. The van der Waals surface area contributed by atoms with Crippen LogP contribution in [0, 0.1) is 0 Å². The van der Waals surface area contributed by atoms with Crippen molar-refractivity contribution in [1.82, 2.24) is 9.97 Å². The minimum atomic E-state index is 0.497. The van der Waals surface area contributed by atoms with E-state index in [2.05, 4.69) is 27.5 Å². The number of ether oxygens (including phenoxy) is 1. The summed E-state index contributed by atoms with van der Waals surface area (Å²) in [5.74, 6) is 1.98. The van der Waals surface area contributed by atoms with Gasteiger partial charge < -0.3 is 15.4 Å². The molecule has 0 aliphatic heterocycles. The minimum absolute atomic E-state index is 0.497. The van der Waals surface area contributed by atoms with E-state index in [1.807, 2.05) is 6.07 Å². The highest BCUT2D eigenvalue weighted by atomic mass is 35.5. The zero-order chi connectivity index (χ0) is 15.1. The molecular weight excluding hydrogens is 288 g/mol. The van der Waals surface area contributed by atoms with E-state index in [9.17, 15) is 0 Å². The summed E-state index contributed by atoms with van der Waals surface area (Å²) in [7, 11) is 1.61. The van der Waals surface area contributed by atoms with Gasteiger partial charge in [0.1, 0.15) is 11.6 Å². The Balaban J connectivity index is 2.12. The molecule has 5 nitrogen and oxygen atoms in total. The largest absolute Gasteiger partial charge is 0.495 e. The smallest absolute Gasteiger partial charge is 0.229 e. The second-order valence-corrected chi connectivity index (χ2v) is 4.95. The number of nitrogens with zero attached hydrogens (tertiary/aromatic N) is 2. The second kappa shape index (κ2) is 7.69. The SMILES string of the molecule is CCCCNc1ccnc(Nc2cc(Cl)ccc2OC)n1. The minimum Gasteiger partial charge on any atom is -0.495 e. The fourth-order valence-electron chi connectivity index (χ4n) is 1.81. The topological polar surface area (TPSA) is 59.1 Å². The average molecular weight is 307 g/mol. The molecule has 0 radical (unpaired) electrons. The summed E-state index contributed by atoms with van der Waals surface area (Å²) in [6.07, 6.45) is 3.96. The number of hydrogen-bond donors (Lipinski definition) is 2. The Bertz CT molecular complexity index is 592. The van der Waals surface area contributed by atoms with E-state index in [0.717, 1.165) is 30.9 Å². The summed E-state index contributed by atoms with van der Waals surface area (Å²) >= 11 is 6.01. The van der Waals surface area contributed by atoms with Crippen LogP contribution in [0.5, 0.6) is 5.75 Å². The maximum absolute atomic E-state index is 6.01. The molecule has 0 bridgehead atoms. The predicted molar refractivity (Wildman–Crippen MR) is 86.7 cm³/mol. The van der Waals surface area contributed by atoms with Crippen LogP contribution in [0.3, 0.4) is 0 Å². The molecular formula is C15H19ClN4O. The number of unbranched alkanes of at least 4 members (excludes halogenated alkanes) is 1. The van der Waals surface area contributed by atoms with Crippen LogP contribution in [-0.4, -0.2) is 23.6 Å². The molecule has 2 rings (SSSR count). The zero-order valence-electron chi connectivity index (χ0n) is 12.2. The van der Waals surface area contributed by atoms with Crippen molar-refractivity contribution in [2.24, 2.45) is 0 Å². The van der Waals surface area contributed by atoms with Crippen LogP contribution in [-0.2, 0) is 0 Å². The third-order valence-electron chi connectivity index (χ3n) is 2.90. The molecule has 0 saturated heterocycles. The van der Waals surface area contributed by atoms with Gasteiger partial charge in [-0.1, -0.05) is 24.9 Å². The molecule has 6 heteroatoms. The van der Waals surface area contributed by atoms with Gasteiger partial charge in [-0.3, -0.25) is 0 Å². The Morgan fingerprint density at radius 2 is 2.14 bits per heavy atom. The molecule has 0 fully saturated rings. The van der Waals surface area contributed by atoms with E-state index in [1.54, 1.807) is 31.5 Å². The number of nitrogens with one attached hydrogen (secondary N) is 2. The van der Waals surface area contributed by atoms with Crippen LogP contribution in [0.15, 0.2) is 30.5 Å². The van der Waals surface area contributed by atoms with Crippen molar-refractivity contribution in [3.05, 3.63) is 35.5 Å². The third kappa shape index (κ3) is 4.49. The average Bonchev–Trinajstić information content (AvgIpc) is 2.48. The first-order chi connectivity index (χ1) is 10.2. The van der Waals surface area contributed by atoms with Crippen LogP contribution in [0.1, 0.15) is 19.8 Å². The van der Waals surface area contributed by atoms with Crippen molar-refractivity contribution < 1.29 is 4.74 Å². The first-order valence-corrected chi connectivity index (χ1v) is 7.28. The number of rotatable bonds is 7. The Morgan fingerprint density at radius 1 is 1.29 bits per heavy atom. The normalized spacial score (nSPS) is 10.2. The predicted octanol–water partition coefficient (Wildman–Crippen LogP) is 4.09. The third-order valence-corrected chi connectivity index (χ3v) is 3.14. The van der Waals surface area contributed by atoms with E-state index >= 15 is 0 Å². The lowest BCUT2D eigenvalue weighted by molar-refractivity contribution is 0.417. The van der Waals surface area contributed by atoms with Gasteiger partial charge in [-0.15, -0.1) is 0 Å². The van der Waals surface area contributed by atoms with Crippen molar-refractivity contribution >= 4 is 29.1 Å². The van der Waals surface area contributed by atoms with Gasteiger partial charge in [0.2, 0.25) is 5.95 Å². The molecule has 0 spiro atoms. The van der Waals surface area contributed by atoms with Crippen molar-refractivity contribution in [3.63, 3.8) is 0 Å². The van der Waals surface area contributed by atoms with Gasteiger partial charge in [-0.05, 0) is 30.7 Å². The zero-order valence-corrected chi connectivity index (χ0v) is 12.9. The van der Waals surface area contributed by atoms with Gasteiger partial charge in [0.15, 0.2) is 0 Å². The second-order valence-electron chi connectivity index (χ2n) is 4.52. The summed E-state index contributed by atoms with van der Waals surface area (Å²) in [4.78, 5) is 8.62. The van der Waals surface area contributed by atoms with Gasteiger partial charge in [0.25, 0.3) is 0 Å². The molecule has 0 saturated carbocycles. The number of hydrogen-bond acceptors (Lipinski definition) is 5. The van der Waals surface area contributed by atoms with E-state index < -0.39 is 0 Å². The standard InChI is InChI=1S/C15H19ClN4O/c1-3-4-8-17-14-7-9-18-15(20-14)19-12-10-11(16)5-6-13(12)21-2/h5-7,9-10H,3-4,8H2,1-2H3,(H2,17,18,19,20). The molecule has 112 valence electrons.